The highest BCUT2D eigenvalue weighted by molar-refractivity contribution is 7.19. The molecule has 148 valence electrons. The van der Waals surface area contributed by atoms with Crippen LogP contribution in [0.3, 0.4) is 0 Å². The molecular formula is C19H23N5O2S2. The van der Waals surface area contributed by atoms with Crippen LogP contribution in [0.15, 0.2) is 40.8 Å². The van der Waals surface area contributed by atoms with Crippen LogP contribution in [-0.4, -0.2) is 48.6 Å². The van der Waals surface area contributed by atoms with Crippen molar-refractivity contribution < 1.29 is 9.90 Å². The van der Waals surface area contributed by atoms with Gasteiger partial charge >= 0.3 is 0 Å². The Morgan fingerprint density at radius 2 is 2.04 bits per heavy atom. The van der Waals surface area contributed by atoms with Gasteiger partial charge in [-0.1, -0.05) is 18.2 Å². The minimum Gasteiger partial charge on any atom is -0.386 e. The lowest BCUT2D eigenvalue weighted by Crippen LogP contribution is -2.42. The van der Waals surface area contributed by atoms with Crippen molar-refractivity contribution in [2.75, 3.05) is 26.7 Å². The van der Waals surface area contributed by atoms with Crippen molar-refractivity contribution in [3.8, 4) is 0 Å². The molecule has 0 saturated carbocycles. The van der Waals surface area contributed by atoms with Gasteiger partial charge in [-0.25, -0.2) is 4.98 Å². The van der Waals surface area contributed by atoms with E-state index < -0.39 is 6.10 Å². The molecule has 0 bridgehead atoms. The summed E-state index contributed by atoms with van der Waals surface area (Å²) < 4.78 is 1.16. The van der Waals surface area contributed by atoms with E-state index in [4.69, 9.17) is 0 Å². The lowest BCUT2D eigenvalue weighted by atomic mass is 10.2. The third-order valence-corrected chi connectivity index (χ3v) is 6.26. The van der Waals surface area contributed by atoms with Crippen LogP contribution >= 0.6 is 22.7 Å². The zero-order valence-electron chi connectivity index (χ0n) is 15.7. The van der Waals surface area contributed by atoms with E-state index in [1.165, 1.54) is 11.3 Å². The van der Waals surface area contributed by atoms with Crippen LogP contribution in [0.1, 0.15) is 26.3 Å². The molecule has 3 rings (SSSR count). The number of aromatic nitrogens is 1. The first-order chi connectivity index (χ1) is 13.6. The molecule has 0 spiro atoms. The molecule has 2 aromatic heterocycles. The van der Waals surface area contributed by atoms with Crippen LogP contribution in [0.4, 0.5) is 0 Å². The van der Waals surface area contributed by atoms with Crippen molar-refractivity contribution >= 4 is 44.6 Å². The highest BCUT2D eigenvalue weighted by Crippen LogP contribution is 2.29. The highest BCUT2D eigenvalue weighted by Gasteiger charge is 2.13. The average molecular weight is 418 g/mol. The maximum atomic E-state index is 12.0. The Morgan fingerprint density at radius 1 is 1.25 bits per heavy atom. The van der Waals surface area contributed by atoms with Crippen molar-refractivity contribution in [3.63, 3.8) is 0 Å². The molecule has 1 aromatic carbocycles. The number of amides is 1. The Labute approximate surface area is 171 Å². The number of nitrogens with one attached hydrogen (secondary N) is 3. The van der Waals surface area contributed by atoms with E-state index >= 15 is 0 Å². The second-order valence-electron chi connectivity index (χ2n) is 6.11. The minimum absolute atomic E-state index is 0.120. The van der Waals surface area contributed by atoms with Gasteiger partial charge in [0.1, 0.15) is 11.0 Å². The fourth-order valence-electron chi connectivity index (χ4n) is 2.64. The van der Waals surface area contributed by atoms with E-state index in [1.54, 1.807) is 23.9 Å². The average Bonchev–Trinajstić information content (AvgIpc) is 3.33. The number of aryl methyl sites for hydroxylation is 1. The molecule has 7 nitrogen and oxygen atoms in total. The summed E-state index contributed by atoms with van der Waals surface area (Å²) in [7, 11) is 1.67. The normalized spacial score (nSPS) is 12.8. The standard InChI is InChI=1S/C19H23N5O2S2/c1-12-17(27-11-24-12)18(26)21-7-8-22-19(20-2)23-10-14(25)16-9-13-5-3-4-6-15(13)28-16/h3-6,9,11,14,25H,7-8,10H2,1-2H3,(H,21,26)(H2,20,22,23). The lowest BCUT2D eigenvalue weighted by Gasteiger charge is -2.14. The number of hydrogen-bond donors (Lipinski definition) is 4. The number of fused-ring (bicyclic) bond motifs is 1. The number of aliphatic imine (C=N–C) groups is 1. The molecule has 1 atom stereocenters. The summed E-state index contributed by atoms with van der Waals surface area (Å²) >= 11 is 2.92. The van der Waals surface area contributed by atoms with Crippen LogP contribution in [0.25, 0.3) is 10.1 Å². The van der Waals surface area contributed by atoms with Crippen molar-refractivity contribution in [2.45, 2.75) is 13.0 Å². The van der Waals surface area contributed by atoms with Gasteiger partial charge in [0, 0.05) is 36.3 Å². The smallest absolute Gasteiger partial charge is 0.263 e. The second-order valence-corrected chi connectivity index (χ2v) is 8.08. The van der Waals surface area contributed by atoms with E-state index in [2.05, 4.69) is 25.9 Å². The number of carbonyl (C=O) groups is 1. The van der Waals surface area contributed by atoms with Crippen LogP contribution < -0.4 is 16.0 Å². The van der Waals surface area contributed by atoms with Crippen LogP contribution in [0.2, 0.25) is 0 Å². The molecule has 0 aliphatic carbocycles. The quantitative estimate of drug-likeness (QED) is 0.269. The van der Waals surface area contributed by atoms with E-state index in [0.717, 1.165) is 20.7 Å². The van der Waals surface area contributed by atoms with Crippen molar-refractivity contribution in [1.82, 2.24) is 20.9 Å². The lowest BCUT2D eigenvalue weighted by molar-refractivity contribution is 0.0957. The number of thiophene rings is 1. The summed E-state index contributed by atoms with van der Waals surface area (Å²) in [6.07, 6.45) is -0.620. The Balaban J connectivity index is 1.42. The molecule has 0 fully saturated rings. The summed E-state index contributed by atoms with van der Waals surface area (Å²) in [6.45, 7) is 3.13. The Hall–Kier alpha value is -2.49. The minimum atomic E-state index is -0.620. The van der Waals surface area contributed by atoms with Gasteiger partial charge in [-0.05, 0) is 24.4 Å². The number of benzene rings is 1. The van der Waals surface area contributed by atoms with Gasteiger partial charge in [0.25, 0.3) is 5.91 Å². The predicted octanol–water partition coefficient (Wildman–Crippen LogP) is 2.29. The summed E-state index contributed by atoms with van der Waals surface area (Å²) in [5.74, 6) is 0.452. The fraction of sp³-hybridized carbons (Fsp3) is 0.316. The monoisotopic (exact) mass is 417 g/mol. The molecule has 28 heavy (non-hydrogen) atoms. The first-order valence-corrected chi connectivity index (χ1v) is 10.6. The first kappa shape index (κ1) is 20.2. The van der Waals surface area contributed by atoms with Gasteiger partial charge in [0.05, 0.1) is 11.2 Å². The molecule has 1 unspecified atom stereocenters. The zero-order valence-corrected chi connectivity index (χ0v) is 17.4. The van der Waals surface area contributed by atoms with Gasteiger partial charge in [-0.3, -0.25) is 9.79 Å². The maximum absolute atomic E-state index is 12.0. The molecule has 0 radical (unpaired) electrons. The summed E-state index contributed by atoms with van der Waals surface area (Å²) in [4.78, 5) is 21.8. The molecule has 4 N–H and O–H groups in total. The van der Waals surface area contributed by atoms with Gasteiger partial charge in [0.15, 0.2) is 5.96 Å². The Morgan fingerprint density at radius 3 is 2.75 bits per heavy atom. The third kappa shape index (κ3) is 5.06. The van der Waals surface area contributed by atoms with Crippen LogP contribution in [0.5, 0.6) is 0 Å². The number of rotatable bonds is 7. The van der Waals surface area contributed by atoms with Crippen molar-refractivity contribution in [1.29, 1.82) is 0 Å². The highest BCUT2D eigenvalue weighted by atomic mass is 32.1. The van der Waals surface area contributed by atoms with Gasteiger partial charge in [-0.2, -0.15) is 0 Å². The Bertz CT molecular complexity index is 933. The summed E-state index contributed by atoms with van der Waals surface area (Å²) in [5.41, 5.74) is 2.40. The molecule has 3 aromatic rings. The van der Waals surface area contributed by atoms with E-state index in [0.29, 0.717) is 30.5 Å². The number of aliphatic hydroxyl groups excluding tert-OH is 1. The topological polar surface area (TPSA) is 98.6 Å². The fourth-order valence-corrected chi connectivity index (χ4v) is 4.41. The second kappa shape index (κ2) is 9.63. The molecular weight excluding hydrogens is 394 g/mol. The third-order valence-electron chi connectivity index (χ3n) is 4.11. The van der Waals surface area contributed by atoms with Gasteiger partial charge in [-0.15, -0.1) is 22.7 Å². The number of thiazole rings is 1. The number of hydrogen-bond acceptors (Lipinski definition) is 6. The number of aliphatic hydroxyl groups is 1. The largest absolute Gasteiger partial charge is 0.386 e. The zero-order chi connectivity index (χ0) is 19.9. The van der Waals surface area contributed by atoms with Crippen LogP contribution in [-0.2, 0) is 0 Å². The van der Waals surface area contributed by atoms with Crippen LogP contribution in [0, 0.1) is 6.92 Å². The molecule has 1 amide bonds. The summed E-state index contributed by atoms with van der Waals surface area (Å²) in [6, 6.07) is 10.1. The number of carbonyl (C=O) groups excluding carboxylic acids is 1. The summed E-state index contributed by atoms with van der Waals surface area (Å²) in [5, 5.41) is 20.7. The van der Waals surface area contributed by atoms with Gasteiger partial charge < -0.3 is 21.1 Å². The SMILES string of the molecule is CN=C(NCCNC(=O)c1scnc1C)NCC(O)c1cc2ccccc2s1. The molecule has 0 aliphatic rings. The van der Waals surface area contributed by atoms with E-state index in [1.807, 2.05) is 37.3 Å². The Kier molecular flexibility index (Phi) is 6.96. The number of nitrogens with zero attached hydrogens (tertiary/aromatic N) is 2. The van der Waals surface area contributed by atoms with Gasteiger partial charge in [0.2, 0.25) is 0 Å². The molecule has 0 saturated heterocycles. The van der Waals surface area contributed by atoms with E-state index in [9.17, 15) is 9.90 Å². The predicted molar refractivity (Wildman–Crippen MR) is 115 cm³/mol. The van der Waals surface area contributed by atoms with E-state index in [-0.39, 0.29) is 5.91 Å². The first-order valence-electron chi connectivity index (χ1n) is 8.88. The maximum Gasteiger partial charge on any atom is 0.263 e. The molecule has 9 heteroatoms. The van der Waals surface area contributed by atoms with Crippen molar-refractivity contribution in [2.24, 2.45) is 4.99 Å². The molecule has 0 aliphatic heterocycles. The molecule has 2 heterocycles. The number of guanidine groups is 1. The van der Waals surface area contributed by atoms with Crippen molar-refractivity contribution in [3.05, 3.63) is 51.3 Å².